The van der Waals surface area contributed by atoms with Gasteiger partial charge in [0.15, 0.2) is 17.2 Å². The molecule has 0 atom stereocenters. The molecule has 0 N–H and O–H groups in total. The van der Waals surface area contributed by atoms with Gasteiger partial charge < -0.3 is 14.2 Å². The molecule has 0 unspecified atom stereocenters. The van der Waals surface area contributed by atoms with Crippen molar-refractivity contribution in [3.63, 3.8) is 0 Å². The SMILES string of the molecule is COC(=O)c1cc(OCc2ccccc2)c(OCc2ccccc2)c(CCl)n1. The molecule has 1 heterocycles. The summed E-state index contributed by atoms with van der Waals surface area (Å²) in [5.74, 6) is 0.315. The van der Waals surface area contributed by atoms with E-state index in [4.69, 9.17) is 25.8 Å². The topological polar surface area (TPSA) is 57.7 Å². The van der Waals surface area contributed by atoms with Crippen LogP contribution in [0.15, 0.2) is 66.7 Å². The van der Waals surface area contributed by atoms with Crippen molar-refractivity contribution in [2.75, 3.05) is 7.11 Å². The standard InChI is InChI=1S/C22H20ClNO4/c1-26-22(25)18-12-20(27-14-16-8-4-2-5-9-16)21(19(13-23)24-18)28-15-17-10-6-3-7-11-17/h2-12H,13-15H2,1H3. The Balaban J connectivity index is 1.90. The number of halogens is 1. The van der Waals surface area contributed by atoms with Crippen molar-refractivity contribution in [2.24, 2.45) is 0 Å². The first kappa shape index (κ1) is 19.7. The highest BCUT2D eigenvalue weighted by Crippen LogP contribution is 2.34. The molecule has 0 aliphatic rings. The van der Waals surface area contributed by atoms with Gasteiger partial charge in [-0.05, 0) is 11.1 Å². The molecule has 0 saturated carbocycles. The molecule has 3 aromatic rings. The van der Waals surface area contributed by atoms with Crippen LogP contribution < -0.4 is 9.47 Å². The van der Waals surface area contributed by atoms with Crippen LogP contribution in [0.2, 0.25) is 0 Å². The molecule has 1 aromatic heterocycles. The summed E-state index contributed by atoms with van der Waals surface area (Å²) < 4.78 is 16.7. The molecule has 2 aromatic carbocycles. The van der Waals surface area contributed by atoms with Gasteiger partial charge >= 0.3 is 5.97 Å². The van der Waals surface area contributed by atoms with Crippen molar-refractivity contribution < 1.29 is 19.0 Å². The molecule has 0 spiro atoms. The molecule has 0 aliphatic carbocycles. The van der Waals surface area contributed by atoms with E-state index >= 15 is 0 Å². The lowest BCUT2D eigenvalue weighted by Gasteiger charge is -2.16. The summed E-state index contributed by atoms with van der Waals surface area (Å²) >= 11 is 6.07. The molecule has 0 bridgehead atoms. The van der Waals surface area contributed by atoms with Gasteiger partial charge in [0, 0.05) is 6.07 Å². The fourth-order valence-electron chi connectivity index (χ4n) is 2.59. The average molecular weight is 398 g/mol. The number of hydrogen-bond donors (Lipinski definition) is 0. The van der Waals surface area contributed by atoms with Gasteiger partial charge in [-0.15, -0.1) is 11.6 Å². The summed E-state index contributed by atoms with van der Waals surface area (Å²) in [5, 5.41) is 0. The van der Waals surface area contributed by atoms with Crippen molar-refractivity contribution in [3.8, 4) is 11.5 Å². The number of alkyl halides is 1. The summed E-state index contributed by atoms with van der Waals surface area (Å²) in [5.41, 5.74) is 2.52. The molecule has 144 valence electrons. The number of pyridine rings is 1. The summed E-state index contributed by atoms with van der Waals surface area (Å²) in [6.07, 6.45) is 0. The van der Waals surface area contributed by atoms with Gasteiger partial charge in [0.2, 0.25) is 0 Å². The van der Waals surface area contributed by atoms with E-state index in [1.165, 1.54) is 13.2 Å². The quantitative estimate of drug-likeness (QED) is 0.405. The molecule has 0 amide bonds. The van der Waals surface area contributed by atoms with Gasteiger partial charge in [-0.2, -0.15) is 0 Å². The normalized spacial score (nSPS) is 10.4. The number of carbonyl (C=O) groups excluding carboxylic acids is 1. The molecule has 0 radical (unpaired) electrons. The van der Waals surface area contributed by atoms with Gasteiger partial charge in [0.25, 0.3) is 0 Å². The number of methoxy groups -OCH3 is 1. The van der Waals surface area contributed by atoms with Gasteiger partial charge in [-0.3, -0.25) is 0 Å². The number of benzene rings is 2. The van der Waals surface area contributed by atoms with Crippen LogP contribution in [0.25, 0.3) is 0 Å². The molecule has 28 heavy (non-hydrogen) atoms. The number of esters is 1. The number of aromatic nitrogens is 1. The van der Waals surface area contributed by atoms with Crippen molar-refractivity contribution in [1.82, 2.24) is 4.98 Å². The Morgan fingerprint density at radius 3 is 2.04 bits per heavy atom. The van der Waals surface area contributed by atoms with Crippen LogP contribution in [0.4, 0.5) is 0 Å². The van der Waals surface area contributed by atoms with Crippen molar-refractivity contribution >= 4 is 17.6 Å². The number of ether oxygens (including phenoxy) is 3. The smallest absolute Gasteiger partial charge is 0.356 e. The lowest BCUT2D eigenvalue weighted by molar-refractivity contribution is 0.0593. The second kappa shape index (κ2) is 9.76. The lowest BCUT2D eigenvalue weighted by atomic mass is 10.2. The molecular weight excluding hydrogens is 378 g/mol. The highest BCUT2D eigenvalue weighted by molar-refractivity contribution is 6.17. The number of nitrogens with zero attached hydrogens (tertiary/aromatic N) is 1. The molecule has 0 saturated heterocycles. The first-order valence-electron chi connectivity index (χ1n) is 8.73. The van der Waals surface area contributed by atoms with E-state index < -0.39 is 5.97 Å². The first-order chi connectivity index (χ1) is 13.7. The van der Waals surface area contributed by atoms with E-state index in [0.29, 0.717) is 30.4 Å². The maximum Gasteiger partial charge on any atom is 0.356 e. The number of carbonyl (C=O) groups is 1. The van der Waals surface area contributed by atoms with Gasteiger partial charge in [-0.25, -0.2) is 9.78 Å². The molecule has 0 aliphatic heterocycles. The van der Waals surface area contributed by atoms with Crippen molar-refractivity contribution in [1.29, 1.82) is 0 Å². The Hall–Kier alpha value is -3.05. The summed E-state index contributed by atoms with van der Waals surface area (Å²) in [6, 6.07) is 21.0. The van der Waals surface area contributed by atoms with E-state index in [2.05, 4.69) is 4.98 Å². The van der Waals surface area contributed by atoms with E-state index in [9.17, 15) is 4.79 Å². The minimum absolute atomic E-state index is 0.0661. The second-order valence-electron chi connectivity index (χ2n) is 5.96. The molecule has 5 nitrogen and oxygen atoms in total. The van der Waals surface area contributed by atoms with Crippen molar-refractivity contribution in [3.05, 3.63) is 89.2 Å². The zero-order valence-corrected chi connectivity index (χ0v) is 16.2. The Labute approximate surface area is 168 Å². The van der Waals surface area contributed by atoms with Gasteiger partial charge in [0.05, 0.1) is 13.0 Å². The maximum atomic E-state index is 12.0. The second-order valence-corrected chi connectivity index (χ2v) is 6.22. The average Bonchev–Trinajstić information content (AvgIpc) is 2.76. The van der Waals surface area contributed by atoms with Crippen LogP contribution >= 0.6 is 11.6 Å². The van der Waals surface area contributed by atoms with E-state index in [0.717, 1.165) is 11.1 Å². The Bertz CT molecular complexity index is 917. The third kappa shape index (κ3) is 5.02. The van der Waals surface area contributed by atoms with E-state index in [1.54, 1.807) is 0 Å². The third-order valence-electron chi connectivity index (χ3n) is 3.99. The minimum atomic E-state index is -0.564. The number of hydrogen-bond acceptors (Lipinski definition) is 5. The molecular formula is C22H20ClNO4. The molecule has 6 heteroatoms. The maximum absolute atomic E-state index is 12.0. The third-order valence-corrected chi connectivity index (χ3v) is 4.25. The monoisotopic (exact) mass is 397 g/mol. The van der Waals surface area contributed by atoms with Gasteiger partial charge in [0.1, 0.15) is 18.9 Å². The van der Waals surface area contributed by atoms with Crippen LogP contribution in [-0.2, 0) is 23.8 Å². The van der Waals surface area contributed by atoms with Crippen LogP contribution in [0.1, 0.15) is 27.3 Å². The van der Waals surface area contributed by atoms with Crippen LogP contribution in [0, 0.1) is 0 Å². The van der Waals surface area contributed by atoms with Crippen LogP contribution in [-0.4, -0.2) is 18.1 Å². The Morgan fingerprint density at radius 1 is 0.929 bits per heavy atom. The fourth-order valence-corrected chi connectivity index (χ4v) is 2.77. The van der Waals surface area contributed by atoms with Crippen LogP contribution in [0.3, 0.4) is 0 Å². The first-order valence-corrected chi connectivity index (χ1v) is 9.26. The van der Waals surface area contributed by atoms with Crippen LogP contribution in [0.5, 0.6) is 11.5 Å². The zero-order valence-electron chi connectivity index (χ0n) is 15.4. The summed E-state index contributed by atoms with van der Waals surface area (Å²) in [6.45, 7) is 0.639. The van der Waals surface area contributed by atoms with Gasteiger partial charge in [-0.1, -0.05) is 60.7 Å². The molecule has 0 fully saturated rings. The Morgan fingerprint density at radius 2 is 1.50 bits per heavy atom. The highest BCUT2D eigenvalue weighted by Gasteiger charge is 2.19. The highest BCUT2D eigenvalue weighted by atomic mass is 35.5. The minimum Gasteiger partial charge on any atom is -0.485 e. The molecule has 3 rings (SSSR count). The largest absolute Gasteiger partial charge is 0.485 e. The summed E-state index contributed by atoms with van der Waals surface area (Å²) in [4.78, 5) is 16.3. The predicted molar refractivity (Wildman–Crippen MR) is 107 cm³/mol. The summed E-state index contributed by atoms with van der Waals surface area (Å²) in [7, 11) is 1.30. The predicted octanol–water partition coefficient (Wildman–Crippen LogP) is 4.77. The Kier molecular flexibility index (Phi) is 6.87. The lowest BCUT2D eigenvalue weighted by Crippen LogP contribution is -2.10. The van der Waals surface area contributed by atoms with E-state index in [-0.39, 0.29) is 11.6 Å². The van der Waals surface area contributed by atoms with E-state index in [1.807, 2.05) is 60.7 Å². The van der Waals surface area contributed by atoms with Crippen molar-refractivity contribution in [2.45, 2.75) is 19.1 Å². The zero-order chi connectivity index (χ0) is 19.8. The fraction of sp³-hybridized carbons (Fsp3) is 0.182. The number of rotatable bonds is 8.